The van der Waals surface area contributed by atoms with Gasteiger partial charge in [0, 0.05) is 17.5 Å². The molecule has 1 aromatic heterocycles. The van der Waals surface area contributed by atoms with Crippen LogP contribution in [0.5, 0.6) is 0 Å². The van der Waals surface area contributed by atoms with Gasteiger partial charge < -0.3 is 14.8 Å². The predicted octanol–water partition coefficient (Wildman–Crippen LogP) is 1.91. The monoisotopic (exact) mass is 304 g/mol. The number of hydrogen-bond acceptors (Lipinski definition) is 4. The molecule has 0 aliphatic heterocycles. The van der Waals surface area contributed by atoms with Crippen molar-refractivity contribution in [2.75, 3.05) is 13.2 Å². The third-order valence-corrected chi connectivity index (χ3v) is 3.94. The van der Waals surface area contributed by atoms with E-state index < -0.39 is 0 Å². The maximum Gasteiger partial charge on any atom is 0.226 e. The van der Waals surface area contributed by atoms with E-state index in [1.54, 1.807) is 12.1 Å². The molecular weight excluding hydrogens is 287 g/mol. The second kappa shape index (κ2) is 5.88. The first kappa shape index (κ1) is 14.7. The zero-order valence-corrected chi connectivity index (χ0v) is 12.0. The van der Waals surface area contributed by atoms with Crippen LogP contribution >= 0.6 is 0 Å². The average molecular weight is 304 g/mol. The van der Waals surface area contributed by atoms with E-state index in [1.165, 1.54) is 18.4 Å². The standard InChI is InChI=1S/C16H17FN2O3/c17-12-3-1-11(2-4-12)15-19-13(8-22-15)7-14(21)18-9-16(10-20)5-6-16/h1-4,8,20H,5-7,9-10H2,(H,18,21). The van der Waals surface area contributed by atoms with Crippen molar-refractivity contribution < 1.29 is 18.7 Å². The van der Waals surface area contributed by atoms with Gasteiger partial charge in [-0.1, -0.05) is 0 Å². The van der Waals surface area contributed by atoms with E-state index in [2.05, 4.69) is 10.3 Å². The van der Waals surface area contributed by atoms with Crippen molar-refractivity contribution in [3.8, 4) is 11.5 Å². The molecule has 0 bridgehead atoms. The first-order valence-electron chi connectivity index (χ1n) is 7.18. The van der Waals surface area contributed by atoms with Crippen LogP contribution in [0, 0.1) is 11.2 Å². The summed E-state index contributed by atoms with van der Waals surface area (Å²) >= 11 is 0. The van der Waals surface area contributed by atoms with Crippen LogP contribution < -0.4 is 5.32 Å². The smallest absolute Gasteiger partial charge is 0.226 e. The lowest BCUT2D eigenvalue weighted by atomic mass is 10.1. The van der Waals surface area contributed by atoms with Gasteiger partial charge in [0.05, 0.1) is 18.7 Å². The van der Waals surface area contributed by atoms with Gasteiger partial charge in [0.15, 0.2) is 0 Å². The quantitative estimate of drug-likeness (QED) is 0.855. The van der Waals surface area contributed by atoms with Gasteiger partial charge in [0.2, 0.25) is 11.8 Å². The molecule has 0 unspecified atom stereocenters. The fraction of sp³-hybridized carbons (Fsp3) is 0.375. The molecule has 0 atom stereocenters. The fourth-order valence-electron chi connectivity index (χ4n) is 2.19. The van der Waals surface area contributed by atoms with Gasteiger partial charge in [-0.15, -0.1) is 0 Å². The van der Waals surface area contributed by atoms with E-state index in [1.807, 2.05) is 0 Å². The number of carbonyl (C=O) groups is 1. The number of amides is 1. The van der Waals surface area contributed by atoms with Crippen LogP contribution in [0.2, 0.25) is 0 Å². The zero-order chi connectivity index (χ0) is 15.6. The summed E-state index contributed by atoms with van der Waals surface area (Å²) in [6.45, 7) is 0.594. The fourth-order valence-corrected chi connectivity index (χ4v) is 2.19. The number of aliphatic hydroxyl groups is 1. The van der Waals surface area contributed by atoms with E-state index >= 15 is 0 Å². The van der Waals surface area contributed by atoms with Crippen LogP contribution in [-0.2, 0) is 11.2 Å². The number of halogens is 1. The van der Waals surface area contributed by atoms with Crippen LogP contribution in [0.15, 0.2) is 34.9 Å². The van der Waals surface area contributed by atoms with Crippen molar-refractivity contribution in [2.45, 2.75) is 19.3 Å². The molecule has 3 rings (SSSR count). The van der Waals surface area contributed by atoms with Crippen molar-refractivity contribution >= 4 is 5.91 Å². The Balaban J connectivity index is 1.57. The molecule has 1 amide bonds. The van der Waals surface area contributed by atoms with Crippen LogP contribution in [0.4, 0.5) is 4.39 Å². The predicted molar refractivity (Wildman–Crippen MR) is 77.4 cm³/mol. The third-order valence-electron chi connectivity index (χ3n) is 3.94. The zero-order valence-electron chi connectivity index (χ0n) is 12.0. The Kier molecular flexibility index (Phi) is 3.94. The molecule has 2 N–H and O–H groups in total. The number of benzene rings is 1. The van der Waals surface area contributed by atoms with Crippen LogP contribution in [0.1, 0.15) is 18.5 Å². The summed E-state index contributed by atoms with van der Waals surface area (Å²) in [5.41, 5.74) is 1.06. The number of aliphatic hydroxyl groups excluding tert-OH is 1. The molecule has 1 aromatic carbocycles. The molecule has 1 saturated carbocycles. The third kappa shape index (κ3) is 3.33. The van der Waals surface area contributed by atoms with Crippen molar-refractivity contribution in [3.05, 3.63) is 42.0 Å². The van der Waals surface area contributed by atoms with Gasteiger partial charge in [-0.25, -0.2) is 9.37 Å². The first-order valence-corrected chi connectivity index (χ1v) is 7.18. The first-order chi connectivity index (χ1) is 10.6. The molecule has 0 radical (unpaired) electrons. The van der Waals surface area contributed by atoms with Crippen molar-refractivity contribution in [2.24, 2.45) is 5.41 Å². The number of aromatic nitrogens is 1. The molecule has 5 nitrogen and oxygen atoms in total. The number of nitrogens with zero attached hydrogens (tertiary/aromatic N) is 1. The molecule has 1 aliphatic carbocycles. The molecular formula is C16H17FN2O3. The minimum absolute atomic E-state index is 0.103. The summed E-state index contributed by atoms with van der Waals surface area (Å²) in [7, 11) is 0. The second-order valence-electron chi connectivity index (χ2n) is 5.76. The molecule has 6 heteroatoms. The normalized spacial score (nSPS) is 15.5. The minimum atomic E-state index is -0.326. The summed E-state index contributed by atoms with van der Waals surface area (Å²) in [6, 6.07) is 5.80. The topological polar surface area (TPSA) is 75.4 Å². The lowest BCUT2D eigenvalue weighted by molar-refractivity contribution is -0.120. The summed E-state index contributed by atoms with van der Waals surface area (Å²) in [5, 5.41) is 12.0. The Morgan fingerprint density at radius 1 is 1.36 bits per heavy atom. The number of rotatable bonds is 6. The van der Waals surface area contributed by atoms with E-state index in [0.29, 0.717) is 23.7 Å². The van der Waals surface area contributed by atoms with Gasteiger partial charge in [-0.3, -0.25) is 4.79 Å². The van der Waals surface area contributed by atoms with Gasteiger partial charge in [-0.2, -0.15) is 0 Å². The summed E-state index contributed by atoms with van der Waals surface area (Å²) in [6.07, 6.45) is 3.44. The Morgan fingerprint density at radius 2 is 2.09 bits per heavy atom. The van der Waals surface area contributed by atoms with Gasteiger partial charge >= 0.3 is 0 Å². The maximum absolute atomic E-state index is 12.9. The maximum atomic E-state index is 12.9. The molecule has 22 heavy (non-hydrogen) atoms. The highest BCUT2D eigenvalue weighted by molar-refractivity contribution is 5.78. The van der Waals surface area contributed by atoms with E-state index in [0.717, 1.165) is 12.8 Å². The molecule has 0 spiro atoms. The molecule has 1 fully saturated rings. The average Bonchev–Trinajstić information content (AvgIpc) is 3.17. The van der Waals surface area contributed by atoms with Crippen molar-refractivity contribution in [3.63, 3.8) is 0 Å². The van der Waals surface area contributed by atoms with Crippen LogP contribution in [-0.4, -0.2) is 29.1 Å². The molecule has 1 heterocycles. The number of hydrogen-bond donors (Lipinski definition) is 2. The number of oxazole rings is 1. The molecule has 116 valence electrons. The Labute approximate surface area is 127 Å². The second-order valence-corrected chi connectivity index (χ2v) is 5.76. The lowest BCUT2D eigenvalue weighted by Crippen LogP contribution is -2.32. The van der Waals surface area contributed by atoms with Crippen LogP contribution in [0.3, 0.4) is 0 Å². The van der Waals surface area contributed by atoms with Gasteiger partial charge in [0.25, 0.3) is 0 Å². The Morgan fingerprint density at radius 3 is 2.73 bits per heavy atom. The Hall–Kier alpha value is -2.21. The highest BCUT2D eigenvalue weighted by atomic mass is 19.1. The highest BCUT2D eigenvalue weighted by Crippen LogP contribution is 2.44. The van der Waals surface area contributed by atoms with Crippen molar-refractivity contribution in [1.29, 1.82) is 0 Å². The molecule has 0 saturated heterocycles. The SMILES string of the molecule is O=C(Cc1coc(-c2ccc(F)cc2)n1)NCC1(CO)CC1. The van der Waals surface area contributed by atoms with E-state index in [4.69, 9.17) is 4.42 Å². The van der Waals surface area contributed by atoms with E-state index in [-0.39, 0.29) is 30.2 Å². The summed E-state index contributed by atoms with van der Waals surface area (Å²) in [5.74, 6) is -0.122. The Bertz CT molecular complexity index is 662. The van der Waals surface area contributed by atoms with Crippen molar-refractivity contribution in [1.82, 2.24) is 10.3 Å². The number of nitrogens with one attached hydrogen (secondary N) is 1. The van der Waals surface area contributed by atoms with E-state index in [9.17, 15) is 14.3 Å². The molecule has 1 aliphatic rings. The summed E-state index contributed by atoms with van der Waals surface area (Å²) < 4.78 is 18.2. The summed E-state index contributed by atoms with van der Waals surface area (Å²) in [4.78, 5) is 16.1. The van der Waals surface area contributed by atoms with Gasteiger partial charge in [0.1, 0.15) is 12.1 Å². The van der Waals surface area contributed by atoms with Crippen LogP contribution in [0.25, 0.3) is 11.5 Å². The highest BCUT2D eigenvalue weighted by Gasteiger charge is 2.42. The number of carbonyl (C=O) groups excluding carboxylic acids is 1. The minimum Gasteiger partial charge on any atom is -0.444 e. The largest absolute Gasteiger partial charge is 0.444 e. The lowest BCUT2D eigenvalue weighted by Gasteiger charge is -2.11. The van der Waals surface area contributed by atoms with Gasteiger partial charge in [-0.05, 0) is 37.1 Å². The molecule has 2 aromatic rings.